The molecule has 114 valence electrons. The molecule has 8 nitrogen and oxygen atoms in total. The van der Waals surface area contributed by atoms with Crippen molar-refractivity contribution in [3.8, 4) is 0 Å². The molecule has 1 aromatic heterocycles. The predicted octanol–water partition coefficient (Wildman–Crippen LogP) is -0.0724. The number of hydrogen-bond acceptors (Lipinski definition) is 4. The fourth-order valence-corrected chi connectivity index (χ4v) is 1.93. The molecule has 4 N–H and O–H groups in total. The van der Waals surface area contributed by atoms with Gasteiger partial charge in [-0.2, -0.15) is 0 Å². The van der Waals surface area contributed by atoms with Crippen LogP contribution in [0.5, 0.6) is 0 Å². The molecule has 1 heterocycles. The van der Waals surface area contributed by atoms with Crippen LogP contribution in [0.3, 0.4) is 0 Å². The average Bonchev–Trinajstić information content (AvgIpc) is 2.44. The van der Waals surface area contributed by atoms with Gasteiger partial charge in [-0.05, 0) is 18.2 Å². The van der Waals surface area contributed by atoms with Crippen molar-refractivity contribution < 1.29 is 9.59 Å². The van der Waals surface area contributed by atoms with Crippen molar-refractivity contribution in [3.05, 3.63) is 61.9 Å². The average molecular weight is 323 g/mol. The number of carbonyl (C=O) groups excluding carboxylic acids is 2. The van der Waals surface area contributed by atoms with Crippen molar-refractivity contribution >= 4 is 29.1 Å². The highest BCUT2D eigenvalue weighted by molar-refractivity contribution is 6.33. The molecule has 0 unspecified atom stereocenters. The molecule has 0 radical (unpaired) electrons. The van der Waals surface area contributed by atoms with Crippen LogP contribution in [-0.4, -0.2) is 21.4 Å². The summed E-state index contributed by atoms with van der Waals surface area (Å²) in [5.74, 6) is -1.25. The predicted molar refractivity (Wildman–Crippen MR) is 79.9 cm³/mol. The van der Waals surface area contributed by atoms with Gasteiger partial charge >= 0.3 is 5.69 Å². The van der Waals surface area contributed by atoms with Gasteiger partial charge in [-0.25, -0.2) is 4.79 Å². The molecule has 2 amide bonds. The Balaban J connectivity index is 2.15. The molecule has 0 aliphatic carbocycles. The van der Waals surface area contributed by atoms with E-state index in [-0.39, 0.29) is 17.1 Å². The second-order valence-corrected chi connectivity index (χ2v) is 4.75. The Bertz CT molecular complexity index is 856. The maximum absolute atomic E-state index is 11.9. The molecule has 1 aromatic carbocycles. The highest BCUT2D eigenvalue weighted by Crippen LogP contribution is 2.20. The second kappa shape index (κ2) is 6.27. The van der Waals surface area contributed by atoms with E-state index in [1.807, 2.05) is 4.98 Å². The zero-order valence-corrected chi connectivity index (χ0v) is 11.9. The van der Waals surface area contributed by atoms with Crippen molar-refractivity contribution in [2.45, 2.75) is 6.54 Å². The summed E-state index contributed by atoms with van der Waals surface area (Å²) >= 11 is 5.80. The SMILES string of the molecule is NC(=O)c1cc(NC(=O)Cn2ccc(=O)[nH]c2=O)ccc1Cl. The fraction of sp³-hybridized carbons (Fsp3) is 0.0769. The van der Waals surface area contributed by atoms with Crippen LogP contribution >= 0.6 is 11.6 Å². The summed E-state index contributed by atoms with van der Waals surface area (Å²) in [4.78, 5) is 47.5. The highest BCUT2D eigenvalue weighted by Gasteiger charge is 2.10. The van der Waals surface area contributed by atoms with Crippen LogP contribution in [0.25, 0.3) is 0 Å². The Morgan fingerprint density at radius 2 is 2.00 bits per heavy atom. The van der Waals surface area contributed by atoms with Gasteiger partial charge in [-0.1, -0.05) is 11.6 Å². The van der Waals surface area contributed by atoms with Gasteiger partial charge in [0.2, 0.25) is 11.8 Å². The van der Waals surface area contributed by atoms with Gasteiger partial charge in [0, 0.05) is 18.0 Å². The van der Waals surface area contributed by atoms with E-state index in [1.165, 1.54) is 24.4 Å². The van der Waals surface area contributed by atoms with Gasteiger partial charge in [-0.15, -0.1) is 0 Å². The number of aromatic nitrogens is 2. The van der Waals surface area contributed by atoms with Crippen LogP contribution in [0.4, 0.5) is 5.69 Å². The van der Waals surface area contributed by atoms with Crippen LogP contribution < -0.4 is 22.3 Å². The zero-order valence-electron chi connectivity index (χ0n) is 11.1. The van der Waals surface area contributed by atoms with Crippen molar-refractivity contribution in [1.29, 1.82) is 0 Å². The first-order valence-corrected chi connectivity index (χ1v) is 6.43. The molecule has 0 fully saturated rings. The lowest BCUT2D eigenvalue weighted by atomic mass is 10.2. The smallest absolute Gasteiger partial charge is 0.328 e. The number of halogens is 1. The quantitative estimate of drug-likeness (QED) is 0.727. The lowest BCUT2D eigenvalue weighted by molar-refractivity contribution is -0.116. The Morgan fingerprint density at radius 3 is 2.64 bits per heavy atom. The molecule has 0 bridgehead atoms. The molecule has 0 saturated heterocycles. The second-order valence-electron chi connectivity index (χ2n) is 4.35. The third-order valence-corrected chi connectivity index (χ3v) is 3.06. The molecule has 0 aliphatic heterocycles. The highest BCUT2D eigenvalue weighted by atomic mass is 35.5. The van der Waals surface area contributed by atoms with Crippen LogP contribution in [0.1, 0.15) is 10.4 Å². The van der Waals surface area contributed by atoms with Gasteiger partial charge in [0.05, 0.1) is 10.6 Å². The number of H-pyrrole nitrogens is 1. The molecular weight excluding hydrogens is 312 g/mol. The molecule has 0 spiro atoms. The topological polar surface area (TPSA) is 127 Å². The van der Waals surface area contributed by atoms with E-state index >= 15 is 0 Å². The van der Waals surface area contributed by atoms with Crippen LogP contribution in [0.2, 0.25) is 5.02 Å². The maximum atomic E-state index is 11.9. The number of aromatic amines is 1. The summed E-state index contributed by atoms with van der Waals surface area (Å²) < 4.78 is 1.03. The third-order valence-electron chi connectivity index (χ3n) is 2.73. The first-order chi connectivity index (χ1) is 10.4. The van der Waals surface area contributed by atoms with Crippen LogP contribution in [-0.2, 0) is 11.3 Å². The number of rotatable bonds is 4. The number of anilines is 1. The normalized spacial score (nSPS) is 10.2. The summed E-state index contributed by atoms with van der Waals surface area (Å²) in [5.41, 5.74) is 4.28. The summed E-state index contributed by atoms with van der Waals surface area (Å²) in [6, 6.07) is 5.37. The Kier molecular flexibility index (Phi) is 4.42. The Morgan fingerprint density at radius 1 is 1.27 bits per heavy atom. The van der Waals surface area contributed by atoms with Crippen molar-refractivity contribution in [3.63, 3.8) is 0 Å². The molecular formula is C13H11ClN4O4. The Labute approximate surface area is 128 Å². The summed E-state index contributed by atoms with van der Waals surface area (Å²) in [7, 11) is 0. The number of primary amides is 1. The largest absolute Gasteiger partial charge is 0.366 e. The first-order valence-electron chi connectivity index (χ1n) is 6.06. The van der Waals surface area contributed by atoms with Gasteiger partial charge in [-0.3, -0.25) is 23.9 Å². The Hall–Kier alpha value is -2.87. The molecule has 22 heavy (non-hydrogen) atoms. The molecule has 0 atom stereocenters. The minimum absolute atomic E-state index is 0.0701. The molecule has 0 aliphatic rings. The molecule has 2 rings (SSSR count). The first kappa shape index (κ1) is 15.5. The van der Waals surface area contributed by atoms with E-state index in [0.29, 0.717) is 5.69 Å². The van der Waals surface area contributed by atoms with Gasteiger partial charge < -0.3 is 11.1 Å². The summed E-state index contributed by atoms with van der Waals surface area (Å²) in [6.07, 6.45) is 1.21. The molecule has 9 heteroatoms. The minimum atomic E-state index is -0.724. The van der Waals surface area contributed by atoms with Gasteiger partial charge in [0.1, 0.15) is 6.54 Å². The molecule has 2 aromatic rings. The lowest BCUT2D eigenvalue weighted by Crippen LogP contribution is -2.32. The summed E-state index contributed by atoms with van der Waals surface area (Å²) in [5, 5.41) is 2.67. The van der Waals surface area contributed by atoms with Gasteiger partial charge in [0.25, 0.3) is 5.56 Å². The third kappa shape index (κ3) is 3.61. The van der Waals surface area contributed by atoms with Crippen LogP contribution in [0.15, 0.2) is 40.1 Å². The van der Waals surface area contributed by atoms with Crippen molar-refractivity contribution in [2.75, 3.05) is 5.32 Å². The fourth-order valence-electron chi connectivity index (χ4n) is 1.72. The molecule has 0 saturated carbocycles. The van der Waals surface area contributed by atoms with E-state index in [2.05, 4.69) is 5.32 Å². The van der Waals surface area contributed by atoms with E-state index in [1.54, 1.807) is 0 Å². The van der Waals surface area contributed by atoms with Crippen molar-refractivity contribution in [1.82, 2.24) is 9.55 Å². The number of nitrogens with one attached hydrogen (secondary N) is 2. The number of nitrogens with zero attached hydrogens (tertiary/aromatic N) is 1. The van der Waals surface area contributed by atoms with E-state index in [0.717, 1.165) is 10.6 Å². The monoisotopic (exact) mass is 322 g/mol. The summed E-state index contributed by atoms with van der Waals surface area (Å²) in [6.45, 7) is -0.301. The van der Waals surface area contributed by atoms with E-state index < -0.39 is 23.1 Å². The van der Waals surface area contributed by atoms with E-state index in [9.17, 15) is 19.2 Å². The number of benzene rings is 1. The number of nitrogens with two attached hydrogens (primary N) is 1. The van der Waals surface area contributed by atoms with Crippen LogP contribution in [0, 0.1) is 0 Å². The van der Waals surface area contributed by atoms with E-state index in [4.69, 9.17) is 17.3 Å². The minimum Gasteiger partial charge on any atom is -0.366 e. The lowest BCUT2D eigenvalue weighted by Gasteiger charge is -2.08. The van der Waals surface area contributed by atoms with Crippen molar-refractivity contribution in [2.24, 2.45) is 5.73 Å². The standard InChI is InChI=1S/C13H11ClN4O4/c14-9-2-1-7(5-8(9)12(15)21)16-11(20)6-18-4-3-10(19)17-13(18)22/h1-5H,6H2,(H2,15,21)(H,16,20)(H,17,19,22). The number of carbonyl (C=O) groups is 2. The van der Waals surface area contributed by atoms with Gasteiger partial charge in [0.15, 0.2) is 0 Å². The number of amides is 2. The maximum Gasteiger partial charge on any atom is 0.328 e. The zero-order chi connectivity index (χ0) is 16.3. The number of hydrogen-bond donors (Lipinski definition) is 3.